The van der Waals surface area contributed by atoms with Crippen LogP contribution in [0.25, 0.3) is 0 Å². The fourth-order valence-corrected chi connectivity index (χ4v) is 2.60. The van der Waals surface area contributed by atoms with Crippen LogP contribution in [0.4, 0.5) is 5.82 Å². The summed E-state index contributed by atoms with van der Waals surface area (Å²) in [5.74, 6) is 2.10. The maximum Gasteiger partial charge on any atom is 0.318 e. The third-order valence-electron chi connectivity index (χ3n) is 2.99. The number of rotatable bonds is 4. The molecule has 0 spiro atoms. The Morgan fingerprint density at radius 3 is 3.12 bits per heavy atom. The number of aromatic nitrogens is 2. The fourth-order valence-electron chi connectivity index (χ4n) is 2.08. The second kappa shape index (κ2) is 5.74. The number of hydrogen-bond donors (Lipinski definition) is 0. The quantitative estimate of drug-likeness (QED) is 0.792. The molecule has 1 unspecified atom stereocenters. The topological polar surface area (TPSA) is 38.2 Å². The minimum absolute atomic E-state index is 0.352. The molecular weight excluding hydrogens is 261 g/mol. The molecule has 1 aliphatic rings. The molecule has 0 N–H and O–H groups in total. The molecule has 0 aliphatic carbocycles. The van der Waals surface area contributed by atoms with Gasteiger partial charge in [0.25, 0.3) is 0 Å². The van der Waals surface area contributed by atoms with E-state index in [9.17, 15) is 0 Å². The van der Waals surface area contributed by atoms with Crippen molar-refractivity contribution >= 4 is 29.0 Å². The molecule has 1 fully saturated rings. The number of hydrogen-bond acceptors (Lipinski definition) is 4. The lowest BCUT2D eigenvalue weighted by Crippen LogP contribution is -2.21. The molecule has 0 saturated carbocycles. The molecule has 4 nitrogen and oxygen atoms in total. The van der Waals surface area contributed by atoms with Crippen molar-refractivity contribution < 1.29 is 4.74 Å². The maximum atomic E-state index is 6.11. The summed E-state index contributed by atoms with van der Waals surface area (Å²) >= 11 is 11.9. The first kappa shape index (κ1) is 12.7. The molecule has 1 aromatic heterocycles. The van der Waals surface area contributed by atoms with Crippen LogP contribution in [-0.4, -0.2) is 36.0 Å². The van der Waals surface area contributed by atoms with Gasteiger partial charge in [0, 0.05) is 19.0 Å². The minimum atomic E-state index is 0.352. The highest BCUT2D eigenvalue weighted by molar-refractivity contribution is 6.32. The van der Waals surface area contributed by atoms with E-state index in [-0.39, 0.29) is 0 Å². The van der Waals surface area contributed by atoms with Gasteiger partial charge >= 0.3 is 6.01 Å². The Bertz CT molecular complexity index is 389. The Hall–Kier alpha value is -0.740. The summed E-state index contributed by atoms with van der Waals surface area (Å²) in [4.78, 5) is 10.4. The Labute approximate surface area is 111 Å². The minimum Gasteiger partial charge on any atom is -0.467 e. The first-order valence-electron chi connectivity index (χ1n) is 5.62. The maximum absolute atomic E-state index is 6.11. The summed E-state index contributed by atoms with van der Waals surface area (Å²) in [6.45, 7) is 1.91. The van der Waals surface area contributed by atoms with Crippen LogP contribution in [0.15, 0.2) is 6.20 Å². The van der Waals surface area contributed by atoms with Crippen LogP contribution in [0.2, 0.25) is 5.02 Å². The lowest BCUT2D eigenvalue weighted by molar-refractivity contribution is 0.380. The van der Waals surface area contributed by atoms with Gasteiger partial charge in [0.2, 0.25) is 0 Å². The first-order valence-corrected chi connectivity index (χ1v) is 6.53. The van der Waals surface area contributed by atoms with Gasteiger partial charge < -0.3 is 9.64 Å². The van der Waals surface area contributed by atoms with Crippen molar-refractivity contribution in [2.75, 3.05) is 31.0 Å². The smallest absolute Gasteiger partial charge is 0.318 e. The summed E-state index contributed by atoms with van der Waals surface area (Å²) in [6.07, 6.45) is 3.75. The molecule has 0 aromatic carbocycles. The highest BCUT2D eigenvalue weighted by atomic mass is 35.5. The number of nitrogens with zero attached hydrogens (tertiary/aromatic N) is 3. The van der Waals surface area contributed by atoms with Crippen LogP contribution in [0.5, 0.6) is 6.01 Å². The average Bonchev–Trinajstić information content (AvgIpc) is 2.79. The molecule has 17 heavy (non-hydrogen) atoms. The molecule has 1 aliphatic heterocycles. The molecule has 6 heteroatoms. The van der Waals surface area contributed by atoms with Crippen molar-refractivity contribution in [2.24, 2.45) is 5.92 Å². The lowest BCUT2D eigenvalue weighted by Gasteiger charge is -2.18. The van der Waals surface area contributed by atoms with Crippen molar-refractivity contribution in [1.82, 2.24) is 9.97 Å². The van der Waals surface area contributed by atoms with E-state index in [4.69, 9.17) is 27.9 Å². The first-order chi connectivity index (χ1) is 8.24. The van der Waals surface area contributed by atoms with Crippen LogP contribution in [0, 0.1) is 5.92 Å². The van der Waals surface area contributed by atoms with E-state index in [2.05, 4.69) is 14.9 Å². The van der Waals surface area contributed by atoms with Gasteiger partial charge in [-0.15, -0.1) is 11.6 Å². The predicted molar refractivity (Wildman–Crippen MR) is 69.3 cm³/mol. The number of methoxy groups -OCH3 is 1. The largest absolute Gasteiger partial charge is 0.467 e. The van der Waals surface area contributed by atoms with E-state index in [1.165, 1.54) is 0 Å². The molecule has 1 aromatic rings. The summed E-state index contributed by atoms with van der Waals surface area (Å²) in [5.41, 5.74) is 0. The van der Waals surface area contributed by atoms with Gasteiger partial charge in [0.1, 0.15) is 5.02 Å². The zero-order valence-corrected chi connectivity index (χ0v) is 11.2. The Balaban J connectivity index is 2.12. The number of ether oxygens (including phenoxy) is 1. The van der Waals surface area contributed by atoms with Crippen molar-refractivity contribution in [3.63, 3.8) is 0 Å². The number of halogens is 2. The zero-order chi connectivity index (χ0) is 12.3. The third kappa shape index (κ3) is 2.93. The SMILES string of the molecule is COc1ncc(Cl)c(N2CCC(CCCl)C2)n1. The third-order valence-corrected chi connectivity index (χ3v) is 3.47. The normalized spacial score (nSPS) is 19.7. The van der Waals surface area contributed by atoms with Crippen LogP contribution >= 0.6 is 23.2 Å². The molecule has 2 heterocycles. The monoisotopic (exact) mass is 275 g/mol. The van der Waals surface area contributed by atoms with E-state index in [0.29, 0.717) is 22.8 Å². The van der Waals surface area contributed by atoms with Gasteiger partial charge in [-0.2, -0.15) is 4.98 Å². The van der Waals surface area contributed by atoms with Crippen LogP contribution in [0.1, 0.15) is 12.8 Å². The molecule has 94 valence electrons. The van der Waals surface area contributed by atoms with Crippen LogP contribution in [0.3, 0.4) is 0 Å². The van der Waals surface area contributed by atoms with E-state index >= 15 is 0 Å². The predicted octanol–water partition coefficient (Wildman–Crippen LogP) is 2.59. The van der Waals surface area contributed by atoms with Gasteiger partial charge in [-0.05, 0) is 18.8 Å². The van der Waals surface area contributed by atoms with Gasteiger partial charge in [-0.1, -0.05) is 11.6 Å². The molecule has 0 bridgehead atoms. The highest BCUT2D eigenvalue weighted by Gasteiger charge is 2.25. The summed E-state index contributed by atoms with van der Waals surface area (Å²) < 4.78 is 5.02. The Morgan fingerprint density at radius 2 is 2.41 bits per heavy atom. The van der Waals surface area contributed by atoms with Gasteiger partial charge in [0.05, 0.1) is 13.3 Å². The molecule has 0 amide bonds. The van der Waals surface area contributed by atoms with Crippen molar-refractivity contribution in [2.45, 2.75) is 12.8 Å². The Kier molecular flexibility index (Phi) is 4.29. The molecule has 2 rings (SSSR count). The summed E-state index contributed by atoms with van der Waals surface area (Å²) in [7, 11) is 1.55. The van der Waals surface area contributed by atoms with Gasteiger partial charge in [0.15, 0.2) is 5.82 Å². The van der Waals surface area contributed by atoms with Crippen molar-refractivity contribution in [3.05, 3.63) is 11.2 Å². The molecular formula is C11H15Cl2N3O. The summed E-state index contributed by atoms with van der Waals surface area (Å²) in [6, 6.07) is 0.352. The Morgan fingerprint density at radius 1 is 1.59 bits per heavy atom. The van der Waals surface area contributed by atoms with Crippen LogP contribution < -0.4 is 9.64 Å². The fraction of sp³-hybridized carbons (Fsp3) is 0.636. The summed E-state index contributed by atoms with van der Waals surface area (Å²) in [5, 5.41) is 0.567. The van der Waals surface area contributed by atoms with E-state index in [1.807, 2.05) is 0 Å². The molecule has 1 atom stereocenters. The number of alkyl halides is 1. The van der Waals surface area contributed by atoms with E-state index in [1.54, 1.807) is 13.3 Å². The second-order valence-electron chi connectivity index (χ2n) is 4.11. The molecule has 1 saturated heterocycles. The molecule has 0 radical (unpaired) electrons. The second-order valence-corrected chi connectivity index (χ2v) is 4.89. The van der Waals surface area contributed by atoms with Crippen molar-refractivity contribution in [3.8, 4) is 6.01 Å². The lowest BCUT2D eigenvalue weighted by atomic mass is 10.1. The zero-order valence-electron chi connectivity index (χ0n) is 9.70. The standard InChI is InChI=1S/C11H15Cl2N3O/c1-17-11-14-6-9(13)10(15-11)16-5-3-8(7-16)2-4-12/h6,8H,2-5,7H2,1H3. The van der Waals surface area contributed by atoms with Crippen molar-refractivity contribution in [1.29, 1.82) is 0 Å². The van der Waals surface area contributed by atoms with Gasteiger partial charge in [-0.25, -0.2) is 4.98 Å². The van der Waals surface area contributed by atoms with Gasteiger partial charge in [-0.3, -0.25) is 0 Å². The average molecular weight is 276 g/mol. The van der Waals surface area contributed by atoms with E-state index in [0.717, 1.165) is 31.7 Å². The number of anilines is 1. The highest BCUT2D eigenvalue weighted by Crippen LogP contribution is 2.30. The van der Waals surface area contributed by atoms with Crippen LogP contribution in [-0.2, 0) is 0 Å². The van der Waals surface area contributed by atoms with E-state index < -0.39 is 0 Å².